The van der Waals surface area contributed by atoms with Gasteiger partial charge in [-0.3, -0.25) is 28.8 Å². The number of hydrogen-bond donors (Lipinski definition) is 6. The summed E-state index contributed by atoms with van der Waals surface area (Å²) in [6, 6.07) is 37.6. The Morgan fingerprint density at radius 2 is 0.963 bits per heavy atom. The van der Waals surface area contributed by atoms with Crippen LogP contribution < -0.4 is 37.4 Å². The Labute approximate surface area is 499 Å². The number of anilines is 4. The van der Waals surface area contributed by atoms with Crippen molar-refractivity contribution in [2.75, 3.05) is 48.5 Å². The first-order valence-electron chi connectivity index (χ1n) is 25.5. The number of benzene rings is 6. The van der Waals surface area contributed by atoms with Crippen molar-refractivity contribution in [1.29, 1.82) is 0.594 Å². The second-order valence-electron chi connectivity index (χ2n) is 19.6. The van der Waals surface area contributed by atoms with Crippen molar-refractivity contribution in [2.45, 2.75) is 66.9 Å². The van der Waals surface area contributed by atoms with Crippen molar-refractivity contribution in [3.05, 3.63) is 210 Å². The van der Waals surface area contributed by atoms with Crippen LogP contribution in [0.5, 0.6) is 0 Å². The molecule has 0 spiro atoms. The molecule has 0 aliphatic carbocycles. The van der Waals surface area contributed by atoms with E-state index in [1.165, 1.54) is 28.7 Å². The smallest absolute Gasteiger partial charge is 0.410 e. The molecule has 80 heavy (non-hydrogen) atoms. The molecule has 0 atom stereocenters. The van der Waals surface area contributed by atoms with Crippen LogP contribution >= 0.6 is 54.8 Å². The Kier molecular flexibility index (Phi) is 22.6. The molecule has 8 rings (SSSR count). The normalized spacial score (nSPS) is 10.8. The number of rotatable bonds is 14. The van der Waals surface area contributed by atoms with Crippen LogP contribution in [0.4, 0.5) is 27.5 Å². The van der Waals surface area contributed by atoms with Crippen molar-refractivity contribution >= 4 is 129 Å². The van der Waals surface area contributed by atoms with Gasteiger partial charge >= 0.3 is 6.09 Å². The first kappa shape index (κ1) is 61.9. The van der Waals surface area contributed by atoms with Gasteiger partial charge in [-0.05, 0) is 202 Å². The van der Waals surface area contributed by atoms with E-state index >= 15 is 0 Å². The summed E-state index contributed by atoms with van der Waals surface area (Å²) in [5.74, 6) is -2.31. The zero-order chi connectivity index (χ0) is 59.6. The van der Waals surface area contributed by atoms with Gasteiger partial charge in [0.2, 0.25) is 0 Å². The zero-order valence-electron chi connectivity index (χ0n) is 46.8. The largest absolute Gasteiger partial charge is 0.451 e. The predicted octanol–water partition coefficient (Wildman–Crippen LogP) is 12.9. The summed E-state index contributed by atoms with van der Waals surface area (Å²) in [6.07, 6.45) is 1.12. The van der Waals surface area contributed by atoms with E-state index in [0.717, 1.165) is 58.5 Å². The molecule has 0 saturated heterocycles. The number of halogens is 2. The van der Waals surface area contributed by atoms with Gasteiger partial charge in [0.15, 0.2) is 22.4 Å². The lowest BCUT2D eigenvalue weighted by Crippen LogP contribution is -2.35. The van der Waals surface area contributed by atoms with Gasteiger partial charge in [0.25, 0.3) is 23.6 Å². The number of aryl methyl sites for hydroxylation is 4. The number of carbonyl (C=O) groups excluding carboxylic acids is 5. The maximum atomic E-state index is 13.3. The van der Waals surface area contributed by atoms with Crippen LogP contribution in [0, 0.1) is 27.7 Å². The predicted molar refractivity (Wildman–Crippen MR) is 340 cm³/mol. The number of hydrogen-bond acceptors (Lipinski definition) is 12. The van der Waals surface area contributed by atoms with E-state index in [4.69, 9.17) is 14.2 Å². The lowest BCUT2D eigenvalue weighted by molar-refractivity contribution is 0.0300. The molecule has 5 amide bonds. The van der Waals surface area contributed by atoms with Gasteiger partial charge < -0.3 is 45.1 Å². The number of nitrogens with one attached hydrogen (secondary N) is 5. The van der Waals surface area contributed by atoms with Gasteiger partial charge in [0, 0.05) is 37.1 Å². The molecule has 8 aromatic rings. The molecule has 16 nitrogen and oxygen atoms in total. The molecule has 0 fully saturated rings. The number of ether oxygens (including phenoxy) is 1. The molecule has 0 aliphatic heterocycles. The van der Waals surface area contributed by atoms with Crippen LogP contribution in [-0.4, -0.2) is 68.0 Å². The molecule has 2 aromatic heterocycles. The minimum Gasteiger partial charge on any atom is -0.451 e. The second kappa shape index (κ2) is 29.2. The summed E-state index contributed by atoms with van der Waals surface area (Å²) < 4.78 is 22.4. The third kappa shape index (κ3) is 17.3. The molecule has 418 valence electrons. The van der Waals surface area contributed by atoms with Crippen LogP contribution in [0.15, 0.2) is 152 Å². The summed E-state index contributed by atoms with van der Waals surface area (Å²) in [7, 11) is 7.09. The first-order chi connectivity index (χ1) is 38.7. The fraction of sp³-hybridized carbons (Fsp3) is 0.230. The highest BCUT2D eigenvalue weighted by Crippen LogP contribution is 2.26. The standard InChI is InChI=1S/C33H35N3O6.C28H27N3O4.HIS.HI/c1-20-17-25(26(18-21(20)2)35-31(39)29-19-27(37)24-9-7-8-10-28(24)41-29)30(38)34-23-13-11-22(12-14-23)15-16-36(6)32(40)42-33(3,4)5;1-17-14-22(27(33)30-20-10-8-19(9-11-20)12-13-29-3)23(15-18(17)2)31-28(34)26-16-24(32)21-6-4-5-7-25(21)35-26;1-2;/h7-14,17-19H,15-16H2,1-6H3,(H,34,38)(H,35,39);4-11,14-16,29H,12-13H2,1-3H3,(H,30,33)(H,31,34);2H;1H/i/hT. The second-order valence-corrected chi connectivity index (χ2v) is 19.6. The molecule has 5 N–H and O–H groups in total. The Bertz CT molecular complexity index is 3660. The minimum absolute atomic E-state index is 0.129. The Morgan fingerprint density at radius 3 is 1.36 bits per heavy atom. The lowest BCUT2D eigenvalue weighted by atomic mass is 10.0. The molecule has 0 saturated carbocycles. The van der Waals surface area contributed by atoms with E-state index in [1.807, 2.05) is 113 Å². The van der Waals surface area contributed by atoms with Gasteiger partial charge in [-0.1, -0.05) is 48.5 Å². The van der Waals surface area contributed by atoms with E-state index in [0.29, 0.717) is 63.2 Å². The van der Waals surface area contributed by atoms with E-state index < -0.39 is 23.3 Å². The van der Waals surface area contributed by atoms with Crippen molar-refractivity contribution in [2.24, 2.45) is 0 Å². The summed E-state index contributed by atoms with van der Waals surface area (Å²) in [4.78, 5) is 91.2. The Hall–Kier alpha value is -7.34. The Balaban J connectivity index is 0.000000284. The number of amides is 5. The van der Waals surface area contributed by atoms with Crippen LogP contribution in [-0.2, 0) is 17.6 Å². The quantitative estimate of drug-likeness (QED) is 0.0444. The summed E-state index contributed by atoms with van der Waals surface area (Å²) >= 11 is 3.24. The van der Waals surface area contributed by atoms with Crippen molar-refractivity contribution in [1.82, 2.24) is 10.2 Å². The highest BCUT2D eigenvalue weighted by molar-refractivity contribution is 14.2. The zero-order valence-corrected chi connectivity index (χ0v) is 51.0. The minimum atomic E-state index is -0.643. The molecule has 6 aromatic carbocycles. The van der Waals surface area contributed by atoms with E-state index in [9.17, 15) is 33.6 Å². The molecular weight excluding hydrogens is 1260 g/mol. The number of nitrogens with zero attached hydrogens (tertiary/aromatic N) is 1. The first-order valence-corrected chi connectivity index (χ1v) is 28.4. The average molecular weight is 1330 g/mol. The Morgan fingerprint density at radius 1 is 0.575 bits per heavy atom. The molecule has 19 heteroatoms. The fourth-order valence-corrected chi connectivity index (χ4v) is 7.92. The highest BCUT2D eigenvalue weighted by Gasteiger charge is 2.22. The number of fused-ring (bicyclic) bond motifs is 2. The number of thiol groups is 1. The van der Waals surface area contributed by atoms with Gasteiger partial charge in [-0.25, -0.2) is 4.79 Å². The summed E-state index contributed by atoms with van der Waals surface area (Å²) in [6.45, 7) is 14.4. The number of carbonyl (C=O) groups is 5. The van der Waals surface area contributed by atoms with Crippen LogP contribution in [0.2, 0.25) is 0 Å². The third-order valence-electron chi connectivity index (χ3n) is 12.5. The van der Waals surface area contributed by atoms with Gasteiger partial charge in [0.1, 0.15) is 17.4 Å². The number of para-hydroxylation sites is 2. The topological polar surface area (TPSA) is 218 Å². The molecule has 0 bridgehead atoms. The average Bonchev–Trinajstić information content (AvgIpc) is 3.45. The van der Waals surface area contributed by atoms with Crippen molar-refractivity contribution in [3.8, 4) is 0 Å². The summed E-state index contributed by atoms with van der Waals surface area (Å²) in [5, 5.41) is 15.1. The van der Waals surface area contributed by atoms with E-state index in [1.54, 1.807) is 92.0 Å². The van der Waals surface area contributed by atoms with E-state index in [2.05, 4.69) is 36.4 Å². The molecule has 2 heterocycles. The lowest BCUT2D eigenvalue weighted by Gasteiger charge is -2.24. The third-order valence-corrected chi connectivity index (χ3v) is 12.5. The maximum Gasteiger partial charge on any atom is 0.410 e. The van der Waals surface area contributed by atoms with Crippen molar-refractivity contribution < 1.29 is 37.5 Å². The monoisotopic (exact) mass is 1330 g/mol. The van der Waals surface area contributed by atoms with Crippen molar-refractivity contribution in [3.63, 3.8) is 0 Å². The van der Waals surface area contributed by atoms with Gasteiger partial charge in [-0.15, -0.1) is 33.6 Å². The van der Waals surface area contributed by atoms with Gasteiger partial charge in [0.05, 0.1) is 33.3 Å². The van der Waals surface area contributed by atoms with Gasteiger partial charge in [-0.2, -0.15) is 0 Å². The van der Waals surface area contributed by atoms with Crippen LogP contribution in [0.25, 0.3) is 21.9 Å². The molecule has 0 aliphatic rings. The number of likely N-dealkylation sites (N-methyl/N-ethyl adjacent to an activating group) is 2. The van der Waals surface area contributed by atoms with Crippen LogP contribution in [0.3, 0.4) is 0 Å². The van der Waals surface area contributed by atoms with Crippen LogP contribution in [0.1, 0.15) is 96.0 Å². The molecule has 0 unspecified atom stereocenters. The highest BCUT2D eigenvalue weighted by atomic mass is 127. The SMILES string of the molecule is CNCCc1ccc(NC(=O)c2cc(C)c(C)cc2NC(=O)c2cc(=O)c3ccccc3o2)cc1.Cc1cc(NC(=O)c2cc(=O)c3ccccc3o2)c(C(=O)Nc2ccc(CCN(C)C(=O)OC(C)(C)C)cc2)cc1C.SI.[3H]I. The summed E-state index contributed by atoms with van der Waals surface area (Å²) in [5.41, 5.74) is 7.54. The molecular formula is C61H64I2N6O10S. The van der Waals surface area contributed by atoms with E-state index in [-0.39, 0.29) is 39.9 Å². The molecule has 0 radical (unpaired) electrons. The fourth-order valence-electron chi connectivity index (χ4n) is 7.92. The maximum absolute atomic E-state index is 13.3.